The average molecular weight is 461 g/mol. The van der Waals surface area contributed by atoms with E-state index in [1.54, 1.807) is 6.08 Å². The summed E-state index contributed by atoms with van der Waals surface area (Å²) in [5.74, 6) is -0.482. The Hall–Kier alpha value is -3.80. The molecule has 0 unspecified atom stereocenters. The van der Waals surface area contributed by atoms with Crippen LogP contribution in [-0.4, -0.2) is 35.4 Å². The minimum atomic E-state index is -0.623. The van der Waals surface area contributed by atoms with Gasteiger partial charge in [0.1, 0.15) is 5.60 Å². The molecule has 1 atom stereocenters. The van der Waals surface area contributed by atoms with E-state index in [0.29, 0.717) is 13.0 Å². The van der Waals surface area contributed by atoms with Crippen LogP contribution in [0.4, 0.5) is 4.79 Å². The standard InChI is InChI=1S/C28H32N2O4/c1-28(2,3)34-27(32)29-23(16-17-26(31)33-4)19-22-20-30(25-15-9-8-14-24(22)25)18-10-13-21-11-6-5-7-12-21/h5-17,20,23H,18-19H2,1-4H3,(H,29,32)/b13-10+,17-16+/t23-/m0/s1. The number of benzene rings is 2. The molecule has 1 amide bonds. The average Bonchev–Trinajstić information content (AvgIpc) is 3.14. The number of aromatic nitrogens is 1. The van der Waals surface area contributed by atoms with E-state index in [1.807, 2.05) is 51.1 Å². The van der Waals surface area contributed by atoms with Crippen molar-refractivity contribution in [2.75, 3.05) is 7.11 Å². The highest BCUT2D eigenvalue weighted by molar-refractivity contribution is 5.84. The molecule has 0 aliphatic heterocycles. The highest BCUT2D eigenvalue weighted by Crippen LogP contribution is 2.23. The summed E-state index contributed by atoms with van der Waals surface area (Å²) in [6.45, 7) is 6.13. The van der Waals surface area contributed by atoms with Crippen molar-refractivity contribution in [3.8, 4) is 0 Å². The fourth-order valence-corrected chi connectivity index (χ4v) is 3.63. The van der Waals surface area contributed by atoms with Crippen LogP contribution < -0.4 is 5.32 Å². The lowest BCUT2D eigenvalue weighted by Gasteiger charge is -2.22. The predicted octanol–water partition coefficient (Wildman–Crippen LogP) is 5.52. The van der Waals surface area contributed by atoms with Crippen LogP contribution in [0.5, 0.6) is 0 Å². The van der Waals surface area contributed by atoms with E-state index in [2.05, 4.69) is 52.5 Å². The third-order valence-electron chi connectivity index (χ3n) is 5.09. The Labute approximate surface area is 200 Å². The molecular formula is C28H32N2O4. The Kier molecular flexibility index (Phi) is 8.30. The lowest BCUT2D eigenvalue weighted by atomic mass is 10.0. The number of hydrogen-bond donors (Lipinski definition) is 1. The second kappa shape index (κ2) is 11.4. The fourth-order valence-electron chi connectivity index (χ4n) is 3.63. The van der Waals surface area contributed by atoms with Gasteiger partial charge in [0.15, 0.2) is 0 Å². The van der Waals surface area contributed by atoms with Gasteiger partial charge in [-0.3, -0.25) is 0 Å². The number of methoxy groups -OCH3 is 1. The molecule has 3 aromatic rings. The van der Waals surface area contributed by atoms with Gasteiger partial charge in [0.25, 0.3) is 0 Å². The number of alkyl carbamates (subject to hydrolysis) is 1. The number of rotatable bonds is 8. The molecule has 1 N–H and O–H groups in total. The van der Waals surface area contributed by atoms with E-state index in [4.69, 9.17) is 9.47 Å². The summed E-state index contributed by atoms with van der Waals surface area (Å²) < 4.78 is 12.3. The molecule has 1 heterocycles. The van der Waals surface area contributed by atoms with E-state index >= 15 is 0 Å². The monoisotopic (exact) mass is 460 g/mol. The summed E-state index contributed by atoms with van der Waals surface area (Å²) in [6.07, 6.45) is 9.22. The summed E-state index contributed by atoms with van der Waals surface area (Å²) in [5, 5.41) is 3.96. The first-order chi connectivity index (χ1) is 16.2. The van der Waals surface area contributed by atoms with Gasteiger partial charge in [-0.15, -0.1) is 0 Å². The molecule has 0 saturated heterocycles. The fraction of sp³-hybridized carbons (Fsp3) is 0.286. The van der Waals surface area contributed by atoms with Crippen LogP contribution in [-0.2, 0) is 27.2 Å². The van der Waals surface area contributed by atoms with E-state index in [-0.39, 0.29) is 0 Å². The predicted molar refractivity (Wildman–Crippen MR) is 135 cm³/mol. The molecular weight excluding hydrogens is 428 g/mol. The van der Waals surface area contributed by atoms with Crippen molar-refractivity contribution in [2.45, 2.75) is 45.4 Å². The number of fused-ring (bicyclic) bond motifs is 1. The lowest BCUT2D eigenvalue weighted by molar-refractivity contribution is -0.134. The molecule has 34 heavy (non-hydrogen) atoms. The molecule has 178 valence electrons. The zero-order valence-electron chi connectivity index (χ0n) is 20.2. The summed E-state index contributed by atoms with van der Waals surface area (Å²) in [6, 6.07) is 17.9. The largest absolute Gasteiger partial charge is 0.466 e. The number of carbonyl (C=O) groups excluding carboxylic acids is 2. The SMILES string of the molecule is COC(=O)/C=C/[C@@H](Cc1cn(C/C=C/c2ccccc2)c2ccccc12)NC(=O)OC(C)(C)C. The van der Waals surface area contributed by atoms with Crippen molar-refractivity contribution in [2.24, 2.45) is 0 Å². The number of ether oxygens (including phenoxy) is 2. The van der Waals surface area contributed by atoms with Gasteiger partial charge in [0.05, 0.1) is 13.2 Å². The maximum atomic E-state index is 12.4. The van der Waals surface area contributed by atoms with Gasteiger partial charge in [-0.2, -0.15) is 0 Å². The Morgan fingerprint density at radius 3 is 2.47 bits per heavy atom. The molecule has 0 aliphatic rings. The van der Waals surface area contributed by atoms with Crippen molar-refractivity contribution in [1.82, 2.24) is 9.88 Å². The molecule has 2 aromatic carbocycles. The second-order valence-electron chi connectivity index (χ2n) is 8.98. The minimum Gasteiger partial charge on any atom is -0.466 e. The molecule has 1 aromatic heterocycles. The zero-order valence-corrected chi connectivity index (χ0v) is 20.2. The first-order valence-corrected chi connectivity index (χ1v) is 11.3. The van der Waals surface area contributed by atoms with Crippen molar-refractivity contribution in [3.05, 3.63) is 90.1 Å². The Morgan fingerprint density at radius 1 is 1.06 bits per heavy atom. The topological polar surface area (TPSA) is 69.6 Å². The zero-order chi connectivity index (χ0) is 24.6. The van der Waals surface area contributed by atoms with E-state index in [0.717, 1.165) is 22.0 Å². The first kappa shape index (κ1) is 24.8. The maximum Gasteiger partial charge on any atom is 0.408 e. The van der Waals surface area contributed by atoms with Crippen LogP contribution in [0.3, 0.4) is 0 Å². The lowest BCUT2D eigenvalue weighted by Crippen LogP contribution is -2.39. The van der Waals surface area contributed by atoms with Gasteiger partial charge < -0.3 is 19.4 Å². The van der Waals surface area contributed by atoms with Crippen LogP contribution in [0.25, 0.3) is 17.0 Å². The van der Waals surface area contributed by atoms with Gasteiger partial charge in [0.2, 0.25) is 0 Å². The van der Waals surface area contributed by atoms with Crippen LogP contribution in [0.1, 0.15) is 31.9 Å². The molecule has 6 heteroatoms. The first-order valence-electron chi connectivity index (χ1n) is 11.3. The number of amides is 1. The number of esters is 1. The highest BCUT2D eigenvalue weighted by atomic mass is 16.6. The number of para-hydroxylation sites is 1. The summed E-state index contributed by atoms with van der Waals surface area (Å²) in [4.78, 5) is 24.1. The molecule has 3 rings (SSSR count). The smallest absolute Gasteiger partial charge is 0.408 e. The summed E-state index contributed by atoms with van der Waals surface area (Å²) >= 11 is 0. The Morgan fingerprint density at radius 2 is 1.76 bits per heavy atom. The van der Waals surface area contributed by atoms with Gasteiger partial charge in [-0.1, -0.05) is 66.8 Å². The summed E-state index contributed by atoms with van der Waals surface area (Å²) in [7, 11) is 1.32. The number of nitrogens with one attached hydrogen (secondary N) is 1. The van der Waals surface area contributed by atoms with E-state index < -0.39 is 23.7 Å². The number of nitrogens with zero attached hydrogens (tertiary/aromatic N) is 1. The van der Waals surface area contributed by atoms with Crippen molar-refractivity contribution in [3.63, 3.8) is 0 Å². The summed E-state index contributed by atoms with van der Waals surface area (Å²) in [5.41, 5.74) is 2.68. The Bertz CT molecular complexity index is 1170. The number of hydrogen-bond acceptors (Lipinski definition) is 4. The number of allylic oxidation sites excluding steroid dienone is 1. The Balaban J connectivity index is 1.84. The molecule has 0 bridgehead atoms. The van der Waals surface area contributed by atoms with Crippen LogP contribution >= 0.6 is 0 Å². The van der Waals surface area contributed by atoms with Gasteiger partial charge in [-0.05, 0) is 44.4 Å². The van der Waals surface area contributed by atoms with Crippen LogP contribution in [0.2, 0.25) is 0 Å². The molecule has 0 radical (unpaired) electrons. The highest BCUT2D eigenvalue weighted by Gasteiger charge is 2.20. The normalized spacial score (nSPS) is 12.8. The molecule has 0 saturated carbocycles. The van der Waals surface area contributed by atoms with E-state index in [9.17, 15) is 9.59 Å². The van der Waals surface area contributed by atoms with Gasteiger partial charge in [0, 0.05) is 29.7 Å². The third-order valence-corrected chi connectivity index (χ3v) is 5.09. The second-order valence-corrected chi connectivity index (χ2v) is 8.98. The third kappa shape index (κ3) is 7.37. The van der Waals surface area contributed by atoms with Crippen molar-refractivity contribution in [1.29, 1.82) is 0 Å². The quantitative estimate of drug-likeness (QED) is 0.355. The number of carbonyl (C=O) groups is 2. The minimum absolute atomic E-state index is 0.451. The maximum absolute atomic E-state index is 12.4. The van der Waals surface area contributed by atoms with Crippen molar-refractivity contribution < 1.29 is 19.1 Å². The van der Waals surface area contributed by atoms with E-state index in [1.165, 1.54) is 13.2 Å². The molecule has 0 aliphatic carbocycles. The molecule has 6 nitrogen and oxygen atoms in total. The van der Waals surface area contributed by atoms with Crippen LogP contribution in [0, 0.1) is 0 Å². The molecule has 0 spiro atoms. The van der Waals surface area contributed by atoms with Gasteiger partial charge in [-0.25, -0.2) is 9.59 Å². The van der Waals surface area contributed by atoms with Gasteiger partial charge >= 0.3 is 12.1 Å². The van der Waals surface area contributed by atoms with Crippen LogP contribution in [0.15, 0.2) is 79.0 Å². The molecule has 0 fully saturated rings. The van der Waals surface area contributed by atoms with Crippen molar-refractivity contribution >= 4 is 29.0 Å².